The lowest BCUT2D eigenvalue weighted by atomic mass is 9.98. The average Bonchev–Trinajstić information content (AvgIpc) is 2.16. The maximum Gasteiger partial charge on any atom is 0.123 e. The minimum Gasteiger partial charge on any atom is -0.490 e. The van der Waals surface area contributed by atoms with Crippen molar-refractivity contribution >= 4 is 0 Å². The first-order valence-electron chi connectivity index (χ1n) is 4.69. The Balaban J connectivity index is 2.39. The van der Waals surface area contributed by atoms with Crippen LogP contribution in [-0.2, 0) is 13.0 Å². The largest absolute Gasteiger partial charge is 0.490 e. The SMILES string of the molecule is CC1CCc2c(CO)cccc2O1. The van der Waals surface area contributed by atoms with E-state index in [-0.39, 0.29) is 6.61 Å². The maximum atomic E-state index is 9.10. The normalized spacial score (nSPS) is 20.6. The summed E-state index contributed by atoms with van der Waals surface area (Å²) in [6.45, 7) is 2.19. The van der Waals surface area contributed by atoms with Gasteiger partial charge in [-0.25, -0.2) is 0 Å². The second kappa shape index (κ2) is 3.38. The zero-order chi connectivity index (χ0) is 9.26. The van der Waals surface area contributed by atoms with E-state index in [2.05, 4.69) is 6.92 Å². The van der Waals surface area contributed by atoms with Gasteiger partial charge >= 0.3 is 0 Å². The molecule has 0 aliphatic carbocycles. The predicted octanol–water partition coefficient (Wildman–Crippen LogP) is 1.89. The van der Waals surface area contributed by atoms with Gasteiger partial charge in [0, 0.05) is 0 Å². The van der Waals surface area contributed by atoms with E-state index in [1.807, 2.05) is 18.2 Å². The molecular weight excluding hydrogens is 164 g/mol. The van der Waals surface area contributed by atoms with Crippen molar-refractivity contribution in [1.29, 1.82) is 0 Å². The van der Waals surface area contributed by atoms with Crippen LogP contribution in [0.4, 0.5) is 0 Å². The highest BCUT2D eigenvalue weighted by Crippen LogP contribution is 2.29. The van der Waals surface area contributed by atoms with E-state index in [1.165, 1.54) is 5.56 Å². The number of hydrogen-bond donors (Lipinski definition) is 1. The molecule has 0 radical (unpaired) electrons. The molecule has 1 unspecified atom stereocenters. The third-order valence-corrected chi connectivity index (χ3v) is 2.53. The molecule has 70 valence electrons. The topological polar surface area (TPSA) is 29.5 Å². The lowest BCUT2D eigenvalue weighted by Crippen LogP contribution is -2.19. The summed E-state index contributed by atoms with van der Waals surface area (Å²) in [5, 5.41) is 9.10. The molecule has 1 heterocycles. The number of ether oxygens (including phenoxy) is 1. The molecule has 1 atom stereocenters. The van der Waals surface area contributed by atoms with Crippen molar-refractivity contribution in [3.63, 3.8) is 0 Å². The van der Waals surface area contributed by atoms with Crippen molar-refractivity contribution in [2.45, 2.75) is 32.5 Å². The molecule has 2 nitrogen and oxygen atoms in total. The van der Waals surface area contributed by atoms with E-state index >= 15 is 0 Å². The van der Waals surface area contributed by atoms with Gasteiger partial charge in [0.15, 0.2) is 0 Å². The maximum absolute atomic E-state index is 9.10. The van der Waals surface area contributed by atoms with Crippen LogP contribution in [0.2, 0.25) is 0 Å². The Morgan fingerprint density at radius 1 is 1.54 bits per heavy atom. The third kappa shape index (κ3) is 1.54. The average molecular weight is 178 g/mol. The van der Waals surface area contributed by atoms with E-state index < -0.39 is 0 Å². The zero-order valence-corrected chi connectivity index (χ0v) is 7.79. The van der Waals surface area contributed by atoms with Gasteiger partial charge in [-0.05, 0) is 37.0 Å². The molecular formula is C11H14O2. The molecule has 1 aromatic rings. The fourth-order valence-electron chi connectivity index (χ4n) is 1.78. The van der Waals surface area contributed by atoms with Gasteiger partial charge in [-0.15, -0.1) is 0 Å². The second-order valence-electron chi connectivity index (χ2n) is 3.52. The second-order valence-corrected chi connectivity index (χ2v) is 3.52. The van der Waals surface area contributed by atoms with E-state index in [0.29, 0.717) is 6.10 Å². The molecule has 0 bridgehead atoms. The van der Waals surface area contributed by atoms with Crippen LogP contribution in [-0.4, -0.2) is 11.2 Å². The molecule has 0 spiro atoms. The molecule has 2 rings (SSSR count). The summed E-state index contributed by atoms with van der Waals surface area (Å²) < 4.78 is 5.66. The highest BCUT2D eigenvalue weighted by molar-refractivity contribution is 5.41. The van der Waals surface area contributed by atoms with Gasteiger partial charge in [0.25, 0.3) is 0 Å². The molecule has 0 amide bonds. The Morgan fingerprint density at radius 3 is 3.15 bits per heavy atom. The van der Waals surface area contributed by atoms with E-state index in [0.717, 1.165) is 24.2 Å². The molecule has 0 saturated heterocycles. The van der Waals surface area contributed by atoms with Crippen LogP contribution in [0.1, 0.15) is 24.5 Å². The van der Waals surface area contributed by atoms with Gasteiger partial charge in [0.05, 0.1) is 12.7 Å². The monoisotopic (exact) mass is 178 g/mol. The van der Waals surface area contributed by atoms with Gasteiger partial charge in [-0.3, -0.25) is 0 Å². The van der Waals surface area contributed by atoms with Crippen molar-refractivity contribution in [1.82, 2.24) is 0 Å². The summed E-state index contributed by atoms with van der Waals surface area (Å²) in [7, 11) is 0. The van der Waals surface area contributed by atoms with Crippen LogP contribution >= 0.6 is 0 Å². The fraction of sp³-hybridized carbons (Fsp3) is 0.455. The molecule has 1 aliphatic rings. The quantitative estimate of drug-likeness (QED) is 0.711. The van der Waals surface area contributed by atoms with Crippen molar-refractivity contribution in [3.05, 3.63) is 29.3 Å². The van der Waals surface area contributed by atoms with Crippen molar-refractivity contribution < 1.29 is 9.84 Å². The first kappa shape index (κ1) is 8.57. The number of hydrogen-bond acceptors (Lipinski definition) is 2. The van der Waals surface area contributed by atoms with Crippen LogP contribution in [0, 0.1) is 0 Å². The minimum absolute atomic E-state index is 0.112. The Morgan fingerprint density at radius 2 is 2.38 bits per heavy atom. The van der Waals surface area contributed by atoms with Crippen LogP contribution in [0.3, 0.4) is 0 Å². The van der Waals surface area contributed by atoms with Crippen LogP contribution < -0.4 is 4.74 Å². The third-order valence-electron chi connectivity index (χ3n) is 2.53. The van der Waals surface area contributed by atoms with Crippen molar-refractivity contribution in [3.8, 4) is 5.75 Å². The summed E-state index contributed by atoms with van der Waals surface area (Å²) in [6.07, 6.45) is 2.37. The summed E-state index contributed by atoms with van der Waals surface area (Å²) >= 11 is 0. The summed E-state index contributed by atoms with van der Waals surface area (Å²) in [5.41, 5.74) is 2.19. The fourth-order valence-corrected chi connectivity index (χ4v) is 1.78. The predicted molar refractivity (Wildman–Crippen MR) is 50.8 cm³/mol. The zero-order valence-electron chi connectivity index (χ0n) is 7.79. The minimum atomic E-state index is 0.112. The summed E-state index contributed by atoms with van der Waals surface area (Å²) in [5.74, 6) is 0.949. The number of aliphatic hydroxyl groups excluding tert-OH is 1. The number of fused-ring (bicyclic) bond motifs is 1. The number of benzene rings is 1. The molecule has 1 N–H and O–H groups in total. The summed E-state index contributed by atoms with van der Waals surface area (Å²) in [4.78, 5) is 0. The van der Waals surface area contributed by atoms with E-state index in [9.17, 15) is 0 Å². The lowest BCUT2D eigenvalue weighted by Gasteiger charge is -2.24. The van der Waals surface area contributed by atoms with E-state index in [1.54, 1.807) is 0 Å². The lowest BCUT2D eigenvalue weighted by molar-refractivity contribution is 0.189. The molecule has 0 aromatic heterocycles. The molecule has 1 aliphatic heterocycles. The number of rotatable bonds is 1. The van der Waals surface area contributed by atoms with Gasteiger partial charge < -0.3 is 9.84 Å². The summed E-state index contributed by atoms with van der Waals surface area (Å²) in [6, 6.07) is 5.87. The van der Waals surface area contributed by atoms with Gasteiger partial charge in [0.2, 0.25) is 0 Å². The first-order valence-corrected chi connectivity index (χ1v) is 4.69. The van der Waals surface area contributed by atoms with Crippen molar-refractivity contribution in [2.24, 2.45) is 0 Å². The van der Waals surface area contributed by atoms with Crippen LogP contribution in [0.5, 0.6) is 5.75 Å². The van der Waals surface area contributed by atoms with Crippen LogP contribution in [0.25, 0.3) is 0 Å². The molecule has 0 fully saturated rings. The Hall–Kier alpha value is -1.02. The smallest absolute Gasteiger partial charge is 0.123 e. The van der Waals surface area contributed by atoms with Crippen molar-refractivity contribution in [2.75, 3.05) is 0 Å². The molecule has 0 saturated carbocycles. The standard InChI is InChI=1S/C11H14O2/c1-8-5-6-10-9(7-12)3-2-4-11(10)13-8/h2-4,8,12H,5-7H2,1H3. The highest BCUT2D eigenvalue weighted by atomic mass is 16.5. The van der Waals surface area contributed by atoms with Gasteiger partial charge in [-0.2, -0.15) is 0 Å². The van der Waals surface area contributed by atoms with Gasteiger partial charge in [-0.1, -0.05) is 12.1 Å². The Bertz CT molecular complexity index is 307. The molecule has 1 aromatic carbocycles. The Kier molecular flexibility index (Phi) is 2.23. The van der Waals surface area contributed by atoms with E-state index in [4.69, 9.17) is 9.84 Å². The Labute approximate surface area is 78.2 Å². The first-order chi connectivity index (χ1) is 6.31. The highest BCUT2D eigenvalue weighted by Gasteiger charge is 2.17. The molecule has 13 heavy (non-hydrogen) atoms. The number of aliphatic hydroxyl groups is 1. The molecule has 2 heteroatoms. The van der Waals surface area contributed by atoms with Gasteiger partial charge in [0.1, 0.15) is 5.75 Å². The van der Waals surface area contributed by atoms with Crippen LogP contribution in [0.15, 0.2) is 18.2 Å².